The van der Waals surface area contributed by atoms with Crippen molar-refractivity contribution in [2.75, 3.05) is 0 Å². The molecule has 0 aliphatic heterocycles. The van der Waals surface area contributed by atoms with E-state index in [1.165, 1.54) is 32.1 Å². The molecule has 1 fully saturated rings. The first-order chi connectivity index (χ1) is 7.68. The Bertz CT molecular complexity index is 379. The number of nitrogens with two attached hydrogens (primary N) is 1. The Morgan fingerprint density at radius 1 is 1.44 bits per heavy atom. The van der Waals surface area contributed by atoms with Gasteiger partial charge < -0.3 is 5.73 Å². The van der Waals surface area contributed by atoms with Crippen LogP contribution in [-0.4, -0.2) is 14.8 Å². The predicted octanol–water partition coefficient (Wildman–Crippen LogP) is 1.97. The molecule has 4 nitrogen and oxygen atoms in total. The number of hydrogen-bond acceptors (Lipinski definition) is 3. The fraction of sp³-hybridized carbons (Fsp3) is 0.636. The van der Waals surface area contributed by atoms with E-state index in [2.05, 4.69) is 26.3 Å². The zero-order valence-electron chi connectivity index (χ0n) is 9.52. The van der Waals surface area contributed by atoms with Gasteiger partial charge >= 0.3 is 0 Å². The van der Waals surface area contributed by atoms with Gasteiger partial charge in [-0.2, -0.15) is 0 Å². The molecule has 5 heteroatoms. The van der Waals surface area contributed by atoms with Gasteiger partial charge in [0.25, 0.3) is 0 Å². The zero-order chi connectivity index (χ0) is 11.5. The topological polar surface area (TPSA) is 56.7 Å². The van der Waals surface area contributed by atoms with E-state index in [0.717, 1.165) is 23.7 Å². The van der Waals surface area contributed by atoms with Gasteiger partial charge in [-0.1, -0.05) is 43.9 Å². The van der Waals surface area contributed by atoms with E-state index < -0.39 is 0 Å². The highest BCUT2D eigenvalue weighted by atomic mass is 31.0. The lowest BCUT2D eigenvalue weighted by Crippen LogP contribution is -2.12. The van der Waals surface area contributed by atoms with Crippen LogP contribution in [0.2, 0.25) is 0 Å². The number of aromatic nitrogens is 3. The summed E-state index contributed by atoms with van der Waals surface area (Å²) in [5.41, 5.74) is 8.09. The molecular weight excluding hydrogens is 219 g/mol. The molecule has 2 N–H and O–H groups in total. The minimum absolute atomic E-state index is 0.513. The molecule has 1 heterocycles. The second kappa shape index (κ2) is 4.96. The van der Waals surface area contributed by atoms with Crippen molar-refractivity contribution in [3.8, 4) is 0 Å². The molecule has 0 amide bonds. The molecule has 1 aromatic rings. The van der Waals surface area contributed by atoms with Crippen LogP contribution in [0, 0.1) is 5.92 Å². The Kier molecular flexibility index (Phi) is 3.59. The van der Waals surface area contributed by atoms with Crippen molar-refractivity contribution >= 4 is 15.1 Å². The molecule has 1 atom stereocenters. The summed E-state index contributed by atoms with van der Waals surface area (Å²) in [6.45, 7) is 3.75. The maximum atomic E-state index is 5.71. The zero-order valence-corrected chi connectivity index (χ0v) is 10.7. The molecule has 1 aliphatic rings. The fourth-order valence-corrected chi connectivity index (χ4v) is 2.70. The maximum absolute atomic E-state index is 5.71. The van der Waals surface area contributed by atoms with Gasteiger partial charge in [-0.25, -0.2) is 4.45 Å². The van der Waals surface area contributed by atoms with Crippen LogP contribution < -0.4 is 5.73 Å². The van der Waals surface area contributed by atoms with E-state index in [4.69, 9.17) is 5.73 Å². The quantitative estimate of drug-likeness (QED) is 0.819. The predicted molar refractivity (Wildman–Crippen MR) is 68.6 cm³/mol. The molecular formula is C11H19N4P. The summed E-state index contributed by atoms with van der Waals surface area (Å²) < 4.78 is 1.75. The molecule has 2 rings (SSSR count). The van der Waals surface area contributed by atoms with Crippen LogP contribution in [0.25, 0.3) is 5.70 Å². The summed E-state index contributed by atoms with van der Waals surface area (Å²) in [4.78, 5) is 0. The SMILES string of the molecule is C=C(N)c1nnn(P)c1CC1CCCCC1. The summed E-state index contributed by atoms with van der Waals surface area (Å²) in [7, 11) is 2.56. The Morgan fingerprint density at radius 3 is 2.75 bits per heavy atom. The van der Waals surface area contributed by atoms with Crippen LogP contribution in [0.1, 0.15) is 43.5 Å². The third-order valence-corrected chi connectivity index (χ3v) is 3.72. The summed E-state index contributed by atoms with van der Waals surface area (Å²) in [5.74, 6) is 0.754. The summed E-state index contributed by atoms with van der Waals surface area (Å²) in [6, 6.07) is 0. The average Bonchev–Trinajstić information content (AvgIpc) is 2.62. The monoisotopic (exact) mass is 238 g/mol. The third kappa shape index (κ3) is 2.43. The van der Waals surface area contributed by atoms with Gasteiger partial charge in [-0.15, -0.1) is 5.10 Å². The Morgan fingerprint density at radius 2 is 2.12 bits per heavy atom. The Balaban J connectivity index is 2.12. The lowest BCUT2D eigenvalue weighted by Gasteiger charge is -2.21. The van der Waals surface area contributed by atoms with E-state index in [-0.39, 0.29) is 0 Å². The maximum Gasteiger partial charge on any atom is 0.131 e. The van der Waals surface area contributed by atoms with E-state index in [0.29, 0.717) is 5.70 Å². The molecule has 0 radical (unpaired) electrons. The van der Waals surface area contributed by atoms with Crippen molar-refractivity contribution in [1.82, 2.24) is 14.8 Å². The van der Waals surface area contributed by atoms with Gasteiger partial charge in [0.2, 0.25) is 0 Å². The highest BCUT2D eigenvalue weighted by Crippen LogP contribution is 2.28. The summed E-state index contributed by atoms with van der Waals surface area (Å²) in [5, 5.41) is 8.04. The Hall–Kier alpha value is -0.890. The minimum atomic E-state index is 0.513. The van der Waals surface area contributed by atoms with Crippen LogP contribution in [0.4, 0.5) is 0 Å². The smallest absolute Gasteiger partial charge is 0.131 e. The van der Waals surface area contributed by atoms with E-state index >= 15 is 0 Å². The lowest BCUT2D eigenvalue weighted by molar-refractivity contribution is 0.353. The largest absolute Gasteiger partial charge is 0.397 e. The molecule has 1 unspecified atom stereocenters. The molecule has 88 valence electrons. The normalized spacial score (nSPS) is 17.6. The second-order valence-corrected chi connectivity index (χ2v) is 5.05. The van der Waals surface area contributed by atoms with Gasteiger partial charge in [-0.3, -0.25) is 0 Å². The molecule has 0 aromatic carbocycles. The molecule has 1 saturated carbocycles. The van der Waals surface area contributed by atoms with Crippen LogP contribution in [-0.2, 0) is 6.42 Å². The van der Waals surface area contributed by atoms with Crippen molar-refractivity contribution in [2.24, 2.45) is 11.7 Å². The first-order valence-corrected chi connectivity index (χ1v) is 6.34. The van der Waals surface area contributed by atoms with Crippen molar-refractivity contribution < 1.29 is 0 Å². The van der Waals surface area contributed by atoms with Crippen molar-refractivity contribution in [1.29, 1.82) is 0 Å². The average molecular weight is 238 g/mol. The van der Waals surface area contributed by atoms with Crippen molar-refractivity contribution in [3.05, 3.63) is 18.0 Å². The van der Waals surface area contributed by atoms with Crippen molar-refractivity contribution in [2.45, 2.75) is 38.5 Å². The van der Waals surface area contributed by atoms with E-state index in [1.807, 2.05) is 0 Å². The molecule has 1 aliphatic carbocycles. The molecule has 0 bridgehead atoms. The highest BCUT2D eigenvalue weighted by molar-refractivity contribution is 7.14. The van der Waals surface area contributed by atoms with Gasteiger partial charge in [0.1, 0.15) is 5.69 Å². The van der Waals surface area contributed by atoms with E-state index in [9.17, 15) is 0 Å². The standard InChI is InChI=1S/C11H19N4P/c1-8(12)11-10(15(16)14-13-11)7-9-5-3-2-4-6-9/h9H,1-7,12,16H2. The Labute approximate surface area is 98.5 Å². The van der Waals surface area contributed by atoms with Crippen LogP contribution in [0.5, 0.6) is 0 Å². The molecule has 1 aromatic heterocycles. The first-order valence-electron chi connectivity index (χ1n) is 5.83. The number of rotatable bonds is 3. The third-order valence-electron chi connectivity index (χ3n) is 3.30. The van der Waals surface area contributed by atoms with Crippen LogP contribution in [0.15, 0.2) is 6.58 Å². The lowest BCUT2D eigenvalue weighted by atomic mass is 9.86. The summed E-state index contributed by atoms with van der Waals surface area (Å²) in [6.07, 6.45) is 7.72. The van der Waals surface area contributed by atoms with Gasteiger partial charge in [0.05, 0.1) is 11.4 Å². The van der Waals surface area contributed by atoms with Gasteiger partial charge in [0.15, 0.2) is 0 Å². The van der Waals surface area contributed by atoms with E-state index in [1.54, 1.807) is 4.45 Å². The highest BCUT2D eigenvalue weighted by Gasteiger charge is 2.19. The van der Waals surface area contributed by atoms with Gasteiger partial charge in [0, 0.05) is 0 Å². The van der Waals surface area contributed by atoms with Crippen molar-refractivity contribution in [3.63, 3.8) is 0 Å². The van der Waals surface area contributed by atoms with Crippen LogP contribution in [0.3, 0.4) is 0 Å². The second-order valence-electron chi connectivity index (χ2n) is 4.56. The number of hydrogen-bond donors (Lipinski definition) is 1. The van der Waals surface area contributed by atoms with Crippen LogP contribution >= 0.6 is 9.39 Å². The minimum Gasteiger partial charge on any atom is -0.397 e. The molecule has 16 heavy (non-hydrogen) atoms. The van der Waals surface area contributed by atoms with Gasteiger partial charge in [-0.05, 0) is 21.7 Å². The molecule has 0 spiro atoms. The number of nitrogens with zero attached hydrogens (tertiary/aromatic N) is 3. The first kappa shape index (κ1) is 11.6. The fourth-order valence-electron chi connectivity index (χ4n) is 2.42. The molecule has 0 saturated heterocycles. The summed E-state index contributed by atoms with van der Waals surface area (Å²) >= 11 is 0.